The average Bonchev–Trinajstić information content (AvgIpc) is 2.08. The molecule has 72 valence electrons. The van der Waals surface area contributed by atoms with Crippen molar-refractivity contribution in [2.24, 2.45) is 0 Å². The Labute approximate surface area is 79.7 Å². The molecule has 0 bridgehead atoms. The van der Waals surface area contributed by atoms with E-state index >= 15 is 0 Å². The van der Waals surface area contributed by atoms with E-state index in [-0.39, 0.29) is 0 Å². The molecule has 0 aliphatic heterocycles. The number of anilines is 1. The molecule has 0 unspecified atom stereocenters. The maximum atomic E-state index is 5.87. The highest BCUT2D eigenvalue weighted by Gasteiger charge is 2.02. The van der Waals surface area contributed by atoms with E-state index in [0.29, 0.717) is 12.5 Å². The molecule has 0 heterocycles. The summed E-state index contributed by atoms with van der Waals surface area (Å²) < 4.78 is 5.03. The summed E-state index contributed by atoms with van der Waals surface area (Å²) in [7, 11) is 1.68. The summed E-state index contributed by atoms with van der Waals surface area (Å²) in [6.07, 6.45) is 0. The smallest absolute Gasteiger partial charge is 0.0733 e. The molecule has 0 saturated heterocycles. The predicted molar refractivity (Wildman–Crippen MR) is 55.7 cm³/mol. The summed E-state index contributed by atoms with van der Waals surface area (Å²) in [5.74, 6) is 0.527. The highest BCUT2D eigenvalue weighted by molar-refractivity contribution is 5.49. The van der Waals surface area contributed by atoms with E-state index in [9.17, 15) is 0 Å². The van der Waals surface area contributed by atoms with Gasteiger partial charge in [-0.3, -0.25) is 0 Å². The molecule has 2 N–H and O–H groups in total. The van der Waals surface area contributed by atoms with Crippen molar-refractivity contribution in [2.75, 3.05) is 12.8 Å². The maximum Gasteiger partial charge on any atom is 0.0733 e. The second kappa shape index (κ2) is 4.28. The molecule has 0 aliphatic carbocycles. The van der Waals surface area contributed by atoms with Gasteiger partial charge in [0.2, 0.25) is 0 Å². The Hall–Kier alpha value is -1.02. The predicted octanol–water partition coefficient (Wildman–Crippen LogP) is 2.54. The van der Waals surface area contributed by atoms with E-state index in [1.54, 1.807) is 7.11 Å². The van der Waals surface area contributed by atoms with Crippen LogP contribution in [-0.2, 0) is 11.3 Å². The summed E-state index contributed by atoms with van der Waals surface area (Å²) >= 11 is 0. The standard InChI is InChI=1S/C11H17NO/c1-8(2)9-4-5-10(7-13-3)11(12)6-9/h4-6,8H,7,12H2,1-3H3. The third-order valence-corrected chi connectivity index (χ3v) is 2.14. The second-order valence-corrected chi connectivity index (χ2v) is 3.55. The number of nitrogen functional groups attached to an aromatic ring is 1. The van der Waals surface area contributed by atoms with Gasteiger partial charge in [-0.1, -0.05) is 26.0 Å². The summed E-state index contributed by atoms with van der Waals surface area (Å²) in [6, 6.07) is 6.17. The van der Waals surface area contributed by atoms with Crippen LogP contribution in [0.2, 0.25) is 0 Å². The Balaban J connectivity index is 2.92. The highest BCUT2D eigenvalue weighted by atomic mass is 16.5. The van der Waals surface area contributed by atoms with Gasteiger partial charge in [0, 0.05) is 18.4 Å². The van der Waals surface area contributed by atoms with E-state index in [2.05, 4.69) is 19.9 Å². The van der Waals surface area contributed by atoms with Gasteiger partial charge in [-0.15, -0.1) is 0 Å². The number of hydrogen-bond acceptors (Lipinski definition) is 2. The van der Waals surface area contributed by atoms with Gasteiger partial charge in [-0.05, 0) is 17.5 Å². The molecule has 1 aromatic rings. The number of methoxy groups -OCH3 is 1. The van der Waals surface area contributed by atoms with Crippen LogP contribution < -0.4 is 5.73 Å². The Morgan fingerprint density at radius 1 is 1.38 bits per heavy atom. The lowest BCUT2D eigenvalue weighted by molar-refractivity contribution is 0.185. The number of hydrogen-bond donors (Lipinski definition) is 1. The molecular formula is C11H17NO. The highest BCUT2D eigenvalue weighted by Crippen LogP contribution is 2.20. The average molecular weight is 179 g/mol. The fourth-order valence-corrected chi connectivity index (χ4v) is 1.26. The van der Waals surface area contributed by atoms with Crippen LogP contribution in [0.3, 0.4) is 0 Å². The molecule has 13 heavy (non-hydrogen) atoms. The molecule has 0 amide bonds. The van der Waals surface area contributed by atoms with Gasteiger partial charge in [0.25, 0.3) is 0 Å². The zero-order valence-electron chi connectivity index (χ0n) is 8.50. The van der Waals surface area contributed by atoms with Crippen LogP contribution in [-0.4, -0.2) is 7.11 Å². The van der Waals surface area contributed by atoms with Gasteiger partial charge < -0.3 is 10.5 Å². The number of ether oxygens (including phenoxy) is 1. The van der Waals surface area contributed by atoms with E-state index in [1.165, 1.54) is 5.56 Å². The van der Waals surface area contributed by atoms with Crippen molar-refractivity contribution >= 4 is 5.69 Å². The Morgan fingerprint density at radius 3 is 2.54 bits per heavy atom. The Morgan fingerprint density at radius 2 is 2.08 bits per heavy atom. The third kappa shape index (κ3) is 2.46. The topological polar surface area (TPSA) is 35.2 Å². The monoisotopic (exact) mass is 179 g/mol. The molecule has 0 radical (unpaired) electrons. The van der Waals surface area contributed by atoms with Crippen molar-refractivity contribution < 1.29 is 4.74 Å². The summed E-state index contributed by atoms with van der Waals surface area (Å²) in [5.41, 5.74) is 9.03. The van der Waals surface area contributed by atoms with Crippen LogP contribution in [0.5, 0.6) is 0 Å². The van der Waals surface area contributed by atoms with Gasteiger partial charge >= 0.3 is 0 Å². The molecule has 0 aromatic heterocycles. The lowest BCUT2D eigenvalue weighted by Crippen LogP contribution is -1.98. The lowest BCUT2D eigenvalue weighted by Gasteiger charge is -2.09. The van der Waals surface area contributed by atoms with Crippen LogP contribution >= 0.6 is 0 Å². The van der Waals surface area contributed by atoms with Gasteiger partial charge in [0.05, 0.1) is 6.61 Å². The zero-order chi connectivity index (χ0) is 9.84. The van der Waals surface area contributed by atoms with E-state index in [1.807, 2.05) is 12.1 Å². The Bertz CT molecular complexity index is 281. The first-order valence-electron chi connectivity index (χ1n) is 4.52. The first-order valence-corrected chi connectivity index (χ1v) is 4.52. The van der Waals surface area contributed by atoms with E-state index in [0.717, 1.165) is 11.3 Å². The van der Waals surface area contributed by atoms with Crippen molar-refractivity contribution in [1.82, 2.24) is 0 Å². The quantitative estimate of drug-likeness (QED) is 0.724. The first kappa shape index (κ1) is 10.1. The minimum absolute atomic E-state index is 0.527. The summed E-state index contributed by atoms with van der Waals surface area (Å²) in [4.78, 5) is 0. The largest absolute Gasteiger partial charge is 0.398 e. The normalized spacial score (nSPS) is 10.8. The van der Waals surface area contributed by atoms with Crippen LogP contribution in [0.25, 0.3) is 0 Å². The molecule has 0 atom stereocenters. The second-order valence-electron chi connectivity index (χ2n) is 3.55. The van der Waals surface area contributed by atoms with Crippen molar-refractivity contribution in [3.05, 3.63) is 29.3 Å². The first-order chi connectivity index (χ1) is 6.15. The lowest BCUT2D eigenvalue weighted by atomic mass is 10.0. The van der Waals surface area contributed by atoms with Crippen LogP contribution in [0, 0.1) is 0 Å². The molecule has 2 heteroatoms. The number of nitrogens with two attached hydrogens (primary N) is 1. The molecule has 0 spiro atoms. The van der Waals surface area contributed by atoms with Crippen molar-refractivity contribution in [3.63, 3.8) is 0 Å². The number of benzene rings is 1. The Kier molecular flexibility index (Phi) is 3.32. The van der Waals surface area contributed by atoms with Gasteiger partial charge in [-0.25, -0.2) is 0 Å². The molecule has 2 nitrogen and oxygen atoms in total. The van der Waals surface area contributed by atoms with Crippen molar-refractivity contribution in [2.45, 2.75) is 26.4 Å². The maximum absolute atomic E-state index is 5.87. The SMILES string of the molecule is COCc1ccc(C(C)C)cc1N. The zero-order valence-corrected chi connectivity index (χ0v) is 8.50. The third-order valence-electron chi connectivity index (χ3n) is 2.14. The van der Waals surface area contributed by atoms with Crippen LogP contribution in [0.1, 0.15) is 30.9 Å². The molecular weight excluding hydrogens is 162 g/mol. The van der Waals surface area contributed by atoms with E-state index < -0.39 is 0 Å². The summed E-state index contributed by atoms with van der Waals surface area (Å²) in [6.45, 7) is 4.90. The van der Waals surface area contributed by atoms with Gasteiger partial charge in [0.1, 0.15) is 0 Å². The molecule has 0 aliphatic rings. The fourth-order valence-electron chi connectivity index (χ4n) is 1.26. The van der Waals surface area contributed by atoms with Crippen LogP contribution in [0.15, 0.2) is 18.2 Å². The van der Waals surface area contributed by atoms with Gasteiger partial charge in [0.15, 0.2) is 0 Å². The van der Waals surface area contributed by atoms with Gasteiger partial charge in [-0.2, -0.15) is 0 Å². The molecule has 1 aromatic carbocycles. The van der Waals surface area contributed by atoms with Crippen molar-refractivity contribution in [1.29, 1.82) is 0 Å². The summed E-state index contributed by atoms with van der Waals surface area (Å²) in [5, 5.41) is 0. The minimum Gasteiger partial charge on any atom is -0.398 e. The number of rotatable bonds is 3. The molecule has 1 rings (SSSR count). The molecule has 0 fully saturated rings. The van der Waals surface area contributed by atoms with Crippen LogP contribution in [0.4, 0.5) is 5.69 Å². The van der Waals surface area contributed by atoms with E-state index in [4.69, 9.17) is 10.5 Å². The minimum atomic E-state index is 0.527. The van der Waals surface area contributed by atoms with Crippen molar-refractivity contribution in [3.8, 4) is 0 Å². The fraction of sp³-hybridized carbons (Fsp3) is 0.455. The molecule has 0 saturated carbocycles.